The maximum Gasteiger partial charge on any atom is 0.273 e. The molecule has 3 aromatic rings. The zero-order chi connectivity index (χ0) is 20.4. The molecule has 2 heterocycles. The highest BCUT2D eigenvalue weighted by molar-refractivity contribution is 7.98. The second-order valence-electron chi connectivity index (χ2n) is 6.99. The van der Waals surface area contributed by atoms with Gasteiger partial charge in [0.05, 0.1) is 10.2 Å². The number of thioether (sulfide) groups is 1. The smallest absolute Gasteiger partial charge is 0.273 e. The van der Waals surface area contributed by atoms with Crippen molar-refractivity contribution in [3.8, 4) is 11.5 Å². The summed E-state index contributed by atoms with van der Waals surface area (Å²) in [5.74, 6) is 1.13. The van der Waals surface area contributed by atoms with Crippen molar-refractivity contribution in [2.45, 2.75) is 11.0 Å². The van der Waals surface area contributed by atoms with Crippen LogP contribution in [0.3, 0.4) is 0 Å². The molecule has 6 nitrogen and oxygen atoms in total. The normalized spacial score (nSPS) is 15.1. The number of fused-ring (bicyclic) bond motifs is 2. The van der Waals surface area contributed by atoms with Gasteiger partial charge in [0.15, 0.2) is 16.6 Å². The summed E-state index contributed by atoms with van der Waals surface area (Å²) in [5, 5.41) is 0.688. The van der Waals surface area contributed by atoms with E-state index in [1.807, 2.05) is 55.6 Å². The van der Waals surface area contributed by atoms with Gasteiger partial charge in [0.1, 0.15) is 6.61 Å². The first kappa shape index (κ1) is 22.7. The van der Waals surface area contributed by atoms with E-state index < -0.39 is 6.10 Å². The van der Waals surface area contributed by atoms with Gasteiger partial charge in [-0.05, 0) is 50.7 Å². The fraction of sp³-hybridized carbons (Fsp3) is 0.333. The van der Waals surface area contributed by atoms with Crippen LogP contribution in [0.25, 0.3) is 10.2 Å². The van der Waals surface area contributed by atoms with Gasteiger partial charge < -0.3 is 14.4 Å². The minimum Gasteiger partial charge on any atom is -0.485 e. The van der Waals surface area contributed by atoms with Gasteiger partial charge >= 0.3 is 0 Å². The molecule has 30 heavy (non-hydrogen) atoms. The highest BCUT2D eigenvalue weighted by Gasteiger charge is 2.33. The van der Waals surface area contributed by atoms with Crippen LogP contribution in [0.5, 0.6) is 11.5 Å². The number of para-hydroxylation sites is 2. The van der Waals surface area contributed by atoms with E-state index in [4.69, 9.17) is 14.5 Å². The number of anilines is 1. The lowest BCUT2D eigenvalue weighted by atomic mass is 10.2. The SMILES string of the molecule is CSc1ccc2nc(N(CCN(C)C)C(=O)C3COc4ccccc4O3)sc2c1.Cl. The van der Waals surface area contributed by atoms with Gasteiger partial charge in [-0.2, -0.15) is 0 Å². The first-order chi connectivity index (χ1) is 14.0. The Hall–Kier alpha value is -2.00. The first-order valence-corrected chi connectivity index (χ1v) is 11.4. The van der Waals surface area contributed by atoms with Crippen LogP contribution in [-0.2, 0) is 4.79 Å². The molecule has 0 N–H and O–H groups in total. The van der Waals surface area contributed by atoms with E-state index in [9.17, 15) is 4.79 Å². The number of carbonyl (C=O) groups excluding carboxylic acids is 1. The summed E-state index contributed by atoms with van der Waals surface area (Å²) in [6.45, 7) is 1.44. The molecule has 0 radical (unpaired) electrons. The number of amides is 1. The molecule has 1 amide bonds. The Morgan fingerprint density at radius 2 is 1.97 bits per heavy atom. The van der Waals surface area contributed by atoms with Crippen LogP contribution in [0.1, 0.15) is 0 Å². The minimum absolute atomic E-state index is 0. The summed E-state index contributed by atoms with van der Waals surface area (Å²) in [6, 6.07) is 13.6. The van der Waals surface area contributed by atoms with E-state index in [2.05, 4.69) is 12.1 Å². The van der Waals surface area contributed by atoms with Crippen molar-refractivity contribution < 1.29 is 14.3 Å². The van der Waals surface area contributed by atoms with E-state index in [0.29, 0.717) is 23.2 Å². The molecule has 1 aliphatic heterocycles. The van der Waals surface area contributed by atoms with Crippen molar-refractivity contribution >= 4 is 56.8 Å². The van der Waals surface area contributed by atoms with Crippen LogP contribution >= 0.6 is 35.5 Å². The average Bonchev–Trinajstić information content (AvgIpc) is 3.15. The molecule has 0 spiro atoms. The maximum absolute atomic E-state index is 13.4. The van der Waals surface area contributed by atoms with Crippen molar-refractivity contribution in [1.29, 1.82) is 0 Å². The van der Waals surface area contributed by atoms with E-state index in [1.165, 1.54) is 16.2 Å². The fourth-order valence-electron chi connectivity index (χ4n) is 3.05. The molecule has 0 fully saturated rings. The molecular formula is C21H24ClN3O3S2. The predicted molar refractivity (Wildman–Crippen MR) is 126 cm³/mol. The molecule has 2 aromatic carbocycles. The lowest BCUT2D eigenvalue weighted by Gasteiger charge is -2.30. The largest absolute Gasteiger partial charge is 0.485 e. The van der Waals surface area contributed by atoms with Crippen molar-refractivity contribution in [3.05, 3.63) is 42.5 Å². The van der Waals surface area contributed by atoms with Crippen molar-refractivity contribution in [2.24, 2.45) is 0 Å². The number of hydrogen-bond donors (Lipinski definition) is 0. The molecule has 0 saturated carbocycles. The highest BCUT2D eigenvalue weighted by Crippen LogP contribution is 2.34. The zero-order valence-electron chi connectivity index (χ0n) is 17.0. The lowest BCUT2D eigenvalue weighted by molar-refractivity contribution is -0.127. The summed E-state index contributed by atoms with van der Waals surface area (Å²) < 4.78 is 12.8. The predicted octanol–water partition coefficient (Wildman–Crippen LogP) is 4.17. The summed E-state index contributed by atoms with van der Waals surface area (Å²) in [5.41, 5.74) is 0.900. The number of aromatic nitrogens is 1. The lowest BCUT2D eigenvalue weighted by Crippen LogP contribution is -2.48. The molecule has 1 aromatic heterocycles. The van der Waals surface area contributed by atoms with E-state index in [0.717, 1.165) is 16.8 Å². The zero-order valence-corrected chi connectivity index (χ0v) is 19.5. The van der Waals surface area contributed by atoms with E-state index >= 15 is 0 Å². The second-order valence-corrected chi connectivity index (χ2v) is 8.88. The standard InChI is InChI=1S/C21H23N3O3S2.ClH/c1-23(2)10-11-24(21-22-15-9-8-14(28-3)12-19(15)29-21)20(25)18-13-26-16-6-4-5-7-17(16)27-18;/h4-9,12,18H,10-11,13H2,1-3H3;1H. The Labute approximate surface area is 190 Å². The van der Waals surface area contributed by atoms with Crippen LogP contribution in [0, 0.1) is 0 Å². The van der Waals surface area contributed by atoms with E-state index in [1.54, 1.807) is 16.7 Å². The van der Waals surface area contributed by atoms with Crippen molar-refractivity contribution in [3.63, 3.8) is 0 Å². The summed E-state index contributed by atoms with van der Waals surface area (Å²) in [4.78, 5) is 23.1. The highest BCUT2D eigenvalue weighted by atomic mass is 35.5. The topological polar surface area (TPSA) is 54.9 Å². The van der Waals surface area contributed by atoms with Crippen molar-refractivity contribution in [2.75, 3.05) is 44.9 Å². The molecule has 0 bridgehead atoms. The van der Waals surface area contributed by atoms with Gasteiger partial charge in [0.2, 0.25) is 6.10 Å². The number of rotatable bonds is 6. The summed E-state index contributed by atoms with van der Waals surface area (Å²) in [6.07, 6.45) is 1.36. The quantitative estimate of drug-likeness (QED) is 0.509. The number of halogens is 1. The van der Waals surface area contributed by atoms with Gasteiger partial charge in [-0.25, -0.2) is 4.98 Å². The number of likely N-dealkylation sites (N-methyl/N-ethyl adjacent to an activating group) is 1. The number of hydrogen-bond acceptors (Lipinski definition) is 7. The molecule has 1 unspecified atom stereocenters. The Morgan fingerprint density at radius 1 is 1.20 bits per heavy atom. The third-order valence-electron chi connectivity index (χ3n) is 4.64. The van der Waals surface area contributed by atoms with Crippen LogP contribution in [0.15, 0.2) is 47.4 Å². The average molecular weight is 466 g/mol. The van der Waals surface area contributed by atoms with Crippen LogP contribution in [0.4, 0.5) is 5.13 Å². The Bertz CT molecular complexity index is 1030. The van der Waals surface area contributed by atoms with Crippen LogP contribution in [-0.4, -0.2) is 61.9 Å². The van der Waals surface area contributed by atoms with Crippen LogP contribution < -0.4 is 14.4 Å². The Morgan fingerprint density at radius 3 is 2.70 bits per heavy atom. The van der Waals surface area contributed by atoms with Gasteiger partial charge in [-0.1, -0.05) is 23.5 Å². The van der Waals surface area contributed by atoms with Crippen LogP contribution in [0.2, 0.25) is 0 Å². The minimum atomic E-state index is -0.694. The Kier molecular flexibility index (Phi) is 7.46. The second kappa shape index (κ2) is 9.87. The van der Waals surface area contributed by atoms with Gasteiger partial charge in [-0.15, -0.1) is 24.2 Å². The van der Waals surface area contributed by atoms with Gasteiger partial charge in [-0.3, -0.25) is 9.69 Å². The fourth-order valence-corrected chi connectivity index (χ4v) is 4.60. The number of benzene rings is 2. The molecule has 9 heteroatoms. The monoisotopic (exact) mass is 465 g/mol. The van der Waals surface area contributed by atoms with Gasteiger partial charge in [0.25, 0.3) is 5.91 Å². The Balaban J connectivity index is 0.00000256. The molecule has 0 saturated heterocycles. The van der Waals surface area contributed by atoms with E-state index in [-0.39, 0.29) is 24.9 Å². The molecule has 4 rings (SSSR count). The number of carbonyl (C=O) groups is 1. The summed E-state index contributed by atoms with van der Waals surface area (Å²) >= 11 is 3.22. The molecule has 160 valence electrons. The maximum atomic E-state index is 13.4. The number of thiazole rings is 1. The third kappa shape index (κ3) is 4.83. The number of ether oxygens (including phenoxy) is 2. The van der Waals surface area contributed by atoms with Crippen molar-refractivity contribution in [1.82, 2.24) is 9.88 Å². The third-order valence-corrected chi connectivity index (χ3v) is 6.40. The molecule has 1 aliphatic rings. The van der Waals surface area contributed by atoms with Gasteiger partial charge in [0, 0.05) is 18.0 Å². The molecule has 0 aliphatic carbocycles. The molecular weight excluding hydrogens is 442 g/mol. The molecule has 1 atom stereocenters. The first-order valence-electron chi connectivity index (χ1n) is 9.34. The number of nitrogens with zero attached hydrogens (tertiary/aromatic N) is 3. The summed E-state index contributed by atoms with van der Waals surface area (Å²) in [7, 11) is 3.98.